The first kappa shape index (κ1) is 16.8. The highest BCUT2D eigenvalue weighted by Crippen LogP contribution is 2.29. The number of carbonyl (C=O) groups is 1. The Labute approximate surface area is 129 Å². The van der Waals surface area contributed by atoms with E-state index in [1.165, 1.54) is 31.2 Å². The summed E-state index contributed by atoms with van der Waals surface area (Å²) in [6.07, 6.45) is 0. The summed E-state index contributed by atoms with van der Waals surface area (Å²) in [6, 6.07) is 6.49. The van der Waals surface area contributed by atoms with Crippen LogP contribution in [0.1, 0.15) is 6.92 Å². The molecule has 0 atom stereocenters. The third-order valence-corrected chi connectivity index (χ3v) is 3.92. The molecule has 0 heterocycles. The van der Waals surface area contributed by atoms with E-state index in [9.17, 15) is 26.4 Å². The average molecular weight is 345 g/mol. The van der Waals surface area contributed by atoms with E-state index in [4.69, 9.17) is 4.18 Å². The van der Waals surface area contributed by atoms with Crippen molar-refractivity contribution in [1.29, 1.82) is 0 Å². The van der Waals surface area contributed by atoms with Gasteiger partial charge in [0.25, 0.3) is 0 Å². The van der Waals surface area contributed by atoms with E-state index in [-0.39, 0.29) is 11.4 Å². The van der Waals surface area contributed by atoms with Gasteiger partial charge in [-0.05, 0) is 24.3 Å². The van der Waals surface area contributed by atoms with Crippen molar-refractivity contribution >= 4 is 21.7 Å². The van der Waals surface area contributed by atoms with Gasteiger partial charge in [-0.1, -0.05) is 12.1 Å². The van der Waals surface area contributed by atoms with Crippen molar-refractivity contribution in [1.82, 2.24) is 0 Å². The molecule has 1 N–H and O–H groups in total. The normalized spacial score (nSPS) is 11.1. The molecule has 0 saturated carbocycles. The maximum absolute atomic E-state index is 13.6. The zero-order valence-corrected chi connectivity index (χ0v) is 12.5. The predicted molar refractivity (Wildman–Crippen MR) is 74.9 cm³/mol. The fraction of sp³-hybridized carbons (Fsp3) is 0.0714. The first-order chi connectivity index (χ1) is 10.7. The number of anilines is 1. The summed E-state index contributed by atoms with van der Waals surface area (Å²) in [5.74, 6) is -6.13. The summed E-state index contributed by atoms with van der Waals surface area (Å²) >= 11 is 0. The fourth-order valence-corrected chi connectivity index (χ4v) is 2.71. The summed E-state index contributed by atoms with van der Waals surface area (Å²) in [5, 5.41) is 2.33. The van der Waals surface area contributed by atoms with E-state index < -0.39 is 38.4 Å². The number of halogens is 3. The van der Waals surface area contributed by atoms with E-state index in [2.05, 4.69) is 5.32 Å². The van der Waals surface area contributed by atoms with E-state index >= 15 is 0 Å². The van der Waals surface area contributed by atoms with Crippen molar-refractivity contribution in [3.05, 3.63) is 53.8 Å². The van der Waals surface area contributed by atoms with Crippen LogP contribution in [0, 0.1) is 17.5 Å². The van der Waals surface area contributed by atoms with Gasteiger partial charge in [-0.15, -0.1) is 0 Å². The van der Waals surface area contributed by atoms with Gasteiger partial charge in [0.2, 0.25) is 5.91 Å². The van der Waals surface area contributed by atoms with Crippen LogP contribution in [0.2, 0.25) is 0 Å². The molecule has 0 aliphatic heterocycles. The lowest BCUT2D eigenvalue weighted by Crippen LogP contribution is -2.15. The lowest BCUT2D eigenvalue weighted by atomic mass is 10.3. The summed E-state index contributed by atoms with van der Waals surface area (Å²) in [5.41, 5.74) is 0.0200. The minimum atomic E-state index is -4.77. The molecule has 0 saturated heterocycles. The number of rotatable bonds is 4. The highest BCUT2D eigenvalue weighted by Gasteiger charge is 2.26. The van der Waals surface area contributed by atoms with Crippen molar-refractivity contribution in [2.75, 3.05) is 5.32 Å². The molecule has 0 radical (unpaired) electrons. The Morgan fingerprint density at radius 3 is 2.35 bits per heavy atom. The van der Waals surface area contributed by atoms with E-state index in [0.717, 1.165) is 0 Å². The second-order valence-corrected chi connectivity index (χ2v) is 5.90. The van der Waals surface area contributed by atoms with Gasteiger partial charge in [-0.2, -0.15) is 8.42 Å². The molecule has 0 bridgehead atoms. The molecule has 9 heteroatoms. The Bertz CT molecular complexity index is 868. The molecule has 0 spiro atoms. The van der Waals surface area contributed by atoms with Crippen molar-refractivity contribution in [3.8, 4) is 5.75 Å². The standard InChI is InChI=1S/C14H10F3NO4S/c1-8(19)18-10-4-2-3-5-11(10)22-23(20,21)12-7-6-9(15)13(16)14(12)17/h2-7H,1H3,(H,18,19). The molecule has 5 nitrogen and oxygen atoms in total. The Kier molecular flexibility index (Phi) is 4.60. The van der Waals surface area contributed by atoms with Crippen LogP contribution >= 0.6 is 0 Å². The number of benzene rings is 2. The van der Waals surface area contributed by atoms with Gasteiger partial charge < -0.3 is 9.50 Å². The van der Waals surface area contributed by atoms with Crippen molar-refractivity contribution in [3.63, 3.8) is 0 Å². The van der Waals surface area contributed by atoms with Crippen molar-refractivity contribution in [2.24, 2.45) is 0 Å². The highest BCUT2D eigenvalue weighted by molar-refractivity contribution is 7.87. The second kappa shape index (κ2) is 6.29. The maximum Gasteiger partial charge on any atom is 0.342 e. The van der Waals surface area contributed by atoms with E-state index in [1.54, 1.807) is 0 Å². The third-order valence-electron chi connectivity index (χ3n) is 2.67. The molecule has 23 heavy (non-hydrogen) atoms. The van der Waals surface area contributed by atoms with Gasteiger partial charge in [0.15, 0.2) is 23.2 Å². The molecular weight excluding hydrogens is 335 g/mol. The minimum Gasteiger partial charge on any atom is -0.377 e. The zero-order chi connectivity index (χ0) is 17.2. The van der Waals surface area contributed by atoms with Gasteiger partial charge in [-0.25, -0.2) is 13.2 Å². The van der Waals surface area contributed by atoms with Crippen molar-refractivity contribution in [2.45, 2.75) is 11.8 Å². The zero-order valence-electron chi connectivity index (χ0n) is 11.6. The van der Waals surface area contributed by atoms with Gasteiger partial charge in [-0.3, -0.25) is 4.79 Å². The average Bonchev–Trinajstić information content (AvgIpc) is 2.46. The van der Waals surface area contributed by atoms with Crippen LogP contribution in [0.25, 0.3) is 0 Å². The van der Waals surface area contributed by atoms with Gasteiger partial charge in [0, 0.05) is 6.92 Å². The summed E-state index contributed by atoms with van der Waals surface area (Å²) in [7, 11) is -4.77. The largest absolute Gasteiger partial charge is 0.377 e. The molecule has 2 aromatic rings. The summed E-state index contributed by atoms with van der Waals surface area (Å²) in [6.45, 7) is 1.19. The number of carbonyl (C=O) groups excluding carboxylic acids is 1. The number of amides is 1. The van der Waals surface area contributed by atoms with Gasteiger partial charge >= 0.3 is 10.1 Å². The first-order valence-corrected chi connectivity index (χ1v) is 7.58. The minimum absolute atomic E-state index is 0.0200. The topological polar surface area (TPSA) is 72.5 Å². The van der Waals surface area contributed by atoms with Crippen LogP contribution in [-0.4, -0.2) is 14.3 Å². The molecular formula is C14H10F3NO4S. The molecule has 122 valence electrons. The first-order valence-electron chi connectivity index (χ1n) is 6.17. The lowest BCUT2D eigenvalue weighted by Gasteiger charge is -2.12. The van der Waals surface area contributed by atoms with Crippen LogP contribution < -0.4 is 9.50 Å². The molecule has 0 aromatic heterocycles. The summed E-state index contributed by atoms with van der Waals surface area (Å²) in [4.78, 5) is 9.91. The molecule has 2 aromatic carbocycles. The smallest absolute Gasteiger partial charge is 0.342 e. The summed E-state index contributed by atoms with van der Waals surface area (Å²) < 4.78 is 68.5. The predicted octanol–water partition coefficient (Wildman–Crippen LogP) is 2.83. The Balaban J connectivity index is 2.44. The van der Waals surface area contributed by atoms with Gasteiger partial charge in [0.05, 0.1) is 5.69 Å². The second-order valence-electron chi connectivity index (χ2n) is 4.39. The number of hydrogen-bond donors (Lipinski definition) is 1. The van der Waals surface area contributed by atoms with E-state index in [1.807, 2.05) is 0 Å². The van der Waals surface area contributed by atoms with Crippen LogP contribution in [0.15, 0.2) is 41.3 Å². The number of hydrogen-bond acceptors (Lipinski definition) is 4. The maximum atomic E-state index is 13.6. The number of nitrogens with one attached hydrogen (secondary N) is 1. The highest BCUT2D eigenvalue weighted by atomic mass is 32.2. The molecule has 0 fully saturated rings. The lowest BCUT2D eigenvalue weighted by molar-refractivity contribution is -0.114. The Hall–Kier alpha value is -2.55. The van der Waals surface area contributed by atoms with Crippen LogP contribution in [0.3, 0.4) is 0 Å². The van der Waals surface area contributed by atoms with Crippen molar-refractivity contribution < 1.29 is 30.6 Å². The quantitative estimate of drug-likeness (QED) is 0.683. The third kappa shape index (κ3) is 3.62. The SMILES string of the molecule is CC(=O)Nc1ccccc1OS(=O)(=O)c1ccc(F)c(F)c1F. The van der Waals surface area contributed by atoms with Crippen LogP contribution in [0.4, 0.5) is 18.9 Å². The van der Waals surface area contributed by atoms with Crippen LogP contribution in [0.5, 0.6) is 5.75 Å². The molecule has 1 amide bonds. The van der Waals surface area contributed by atoms with E-state index in [0.29, 0.717) is 12.1 Å². The Morgan fingerprint density at radius 1 is 1.04 bits per heavy atom. The number of para-hydroxylation sites is 2. The molecule has 0 aliphatic carbocycles. The van der Waals surface area contributed by atoms with Crippen LogP contribution in [-0.2, 0) is 14.9 Å². The molecule has 2 rings (SSSR count). The fourth-order valence-electron chi connectivity index (χ4n) is 1.70. The van der Waals surface area contributed by atoms with Gasteiger partial charge in [0.1, 0.15) is 4.90 Å². The monoisotopic (exact) mass is 345 g/mol. The molecule has 0 aliphatic rings. The molecule has 0 unspecified atom stereocenters. The Morgan fingerprint density at radius 2 is 1.70 bits per heavy atom.